The number of H-pyrrole nitrogens is 1. The number of halogens is 1. The summed E-state index contributed by atoms with van der Waals surface area (Å²) in [5.41, 5.74) is 4.48. The van der Waals surface area contributed by atoms with Gasteiger partial charge in [-0.15, -0.1) is 0 Å². The minimum absolute atomic E-state index is 0.0373. The van der Waals surface area contributed by atoms with Gasteiger partial charge in [-0.1, -0.05) is 23.7 Å². The Morgan fingerprint density at radius 3 is 2.96 bits per heavy atom. The maximum atomic E-state index is 12.7. The van der Waals surface area contributed by atoms with Gasteiger partial charge in [-0.2, -0.15) is 5.26 Å². The van der Waals surface area contributed by atoms with E-state index in [0.29, 0.717) is 22.7 Å². The van der Waals surface area contributed by atoms with E-state index in [2.05, 4.69) is 16.4 Å². The van der Waals surface area contributed by atoms with E-state index in [1.165, 1.54) is 11.3 Å². The molecule has 5 heteroatoms. The number of hydrogen-bond donors (Lipinski definition) is 2. The van der Waals surface area contributed by atoms with Gasteiger partial charge in [0.25, 0.3) is 0 Å². The lowest BCUT2D eigenvalue weighted by Crippen LogP contribution is -2.28. The monoisotopic (exact) mass is 349 g/mol. The quantitative estimate of drug-likeness (QED) is 0.718. The van der Waals surface area contributed by atoms with Crippen LogP contribution in [0.15, 0.2) is 42.5 Å². The van der Waals surface area contributed by atoms with Crippen molar-refractivity contribution >= 4 is 34.1 Å². The summed E-state index contributed by atoms with van der Waals surface area (Å²) in [7, 11) is 0. The molecule has 0 saturated heterocycles. The Hall–Kier alpha value is -2.77. The summed E-state index contributed by atoms with van der Waals surface area (Å²) in [6.45, 7) is 0. The van der Waals surface area contributed by atoms with Crippen LogP contribution in [-0.2, 0) is 17.6 Å². The number of fused-ring (bicyclic) bond motifs is 3. The van der Waals surface area contributed by atoms with E-state index in [1.54, 1.807) is 18.2 Å². The summed E-state index contributed by atoms with van der Waals surface area (Å²) in [5.74, 6) is -0.151. The lowest BCUT2D eigenvalue weighted by molar-refractivity contribution is -0.120. The van der Waals surface area contributed by atoms with E-state index in [1.807, 2.05) is 24.3 Å². The SMILES string of the molecule is N#Cc1ccccc1NC(=O)C1CCc2[nH]c3ccc(Cl)cc3c2C1. The van der Waals surface area contributed by atoms with Crippen LogP contribution in [-0.4, -0.2) is 10.9 Å². The molecule has 1 unspecified atom stereocenters. The average Bonchev–Trinajstić information content (AvgIpc) is 2.99. The second kappa shape index (κ2) is 6.27. The number of nitrogens with one attached hydrogen (secondary N) is 2. The molecule has 1 atom stereocenters. The van der Waals surface area contributed by atoms with Crippen LogP contribution < -0.4 is 5.32 Å². The van der Waals surface area contributed by atoms with Gasteiger partial charge in [0.05, 0.1) is 11.3 Å². The highest BCUT2D eigenvalue weighted by molar-refractivity contribution is 6.31. The van der Waals surface area contributed by atoms with Gasteiger partial charge < -0.3 is 10.3 Å². The van der Waals surface area contributed by atoms with E-state index < -0.39 is 0 Å². The molecule has 1 aliphatic rings. The molecule has 1 heterocycles. The van der Waals surface area contributed by atoms with Crippen LogP contribution in [0.2, 0.25) is 5.02 Å². The van der Waals surface area contributed by atoms with Crippen molar-refractivity contribution in [3.63, 3.8) is 0 Å². The maximum Gasteiger partial charge on any atom is 0.227 e. The first kappa shape index (κ1) is 15.7. The van der Waals surface area contributed by atoms with Gasteiger partial charge in [0.1, 0.15) is 6.07 Å². The molecule has 0 radical (unpaired) electrons. The minimum Gasteiger partial charge on any atom is -0.358 e. The standard InChI is InChI=1S/C20H16ClN3O/c21-14-6-8-19-16(10-14)15-9-12(5-7-18(15)23-19)20(25)24-17-4-2-1-3-13(17)11-22/h1-4,6,8,10,12,23H,5,7,9H2,(H,24,25). The Balaban J connectivity index is 1.59. The number of anilines is 1. The van der Waals surface area contributed by atoms with Gasteiger partial charge >= 0.3 is 0 Å². The minimum atomic E-state index is -0.114. The second-order valence-corrected chi connectivity index (χ2v) is 6.79. The molecule has 1 aromatic heterocycles. The molecule has 1 amide bonds. The first-order chi connectivity index (χ1) is 12.2. The molecule has 3 aromatic rings. The average molecular weight is 350 g/mol. The maximum absolute atomic E-state index is 12.7. The molecule has 4 rings (SSSR count). The highest BCUT2D eigenvalue weighted by Crippen LogP contribution is 2.33. The molecule has 0 bridgehead atoms. The fraction of sp³-hybridized carbons (Fsp3) is 0.200. The number of amides is 1. The largest absolute Gasteiger partial charge is 0.358 e. The van der Waals surface area contributed by atoms with Crippen molar-refractivity contribution in [3.8, 4) is 6.07 Å². The van der Waals surface area contributed by atoms with Crippen LogP contribution in [0.4, 0.5) is 5.69 Å². The van der Waals surface area contributed by atoms with Crippen LogP contribution in [0.5, 0.6) is 0 Å². The molecule has 0 spiro atoms. The Morgan fingerprint density at radius 2 is 2.12 bits per heavy atom. The fourth-order valence-electron chi connectivity index (χ4n) is 3.54. The van der Waals surface area contributed by atoms with Crippen molar-refractivity contribution in [2.75, 3.05) is 5.32 Å². The normalized spacial score (nSPS) is 16.2. The van der Waals surface area contributed by atoms with Crippen LogP contribution in [0.25, 0.3) is 10.9 Å². The Morgan fingerprint density at radius 1 is 1.28 bits per heavy atom. The third kappa shape index (κ3) is 2.88. The summed E-state index contributed by atoms with van der Waals surface area (Å²) in [5, 5.41) is 13.9. The van der Waals surface area contributed by atoms with Gasteiger partial charge in [-0.3, -0.25) is 4.79 Å². The smallest absolute Gasteiger partial charge is 0.227 e. The zero-order chi connectivity index (χ0) is 17.4. The molecule has 0 aliphatic heterocycles. The zero-order valence-corrected chi connectivity index (χ0v) is 14.2. The van der Waals surface area contributed by atoms with Crippen molar-refractivity contribution in [3.05, 3.63) is 64.3 Å². The summed E-state index contributed by atoms with van der Waals surface area (Å²) in [4.78, 5) is 16.2. The highest BCUT2D eigenvalue weighted by atomic mass is 35.5. The molecule has 0 fully saturated rings. The van der Waals surface area contributed by atoms with Crippen molar-refractivity contribution in [1.29, 1.82) is 5.26 Å². The predicted octanol–water partition coefficient (Wildman–Crippen LogP) is 4.44. The van der Waals surface area contributed by atoms with E-state index in [4.69, 9.17) is 11.6 Å². The third-order valence-corrected chi connectivity index (χ3v) is 5.06. The van der Waals surface area contributed by atoms with E-state index in [-0.39, 0.29) is 11.8 Å². The van der Waals surface area contributed by atoms with Crippen LogP contribution >= 0.6 is 11.6 Å². The van der Waals surface area contributed by atoms with Gasteiger partial charge in [-0.05, 0) is 55.2 Å². The number of hydrogen-bond acceptors (Lipinski definition) is 2. The molecule has 25 heavy (non-hydrogen) atoms. The van der Waals surface area contributed by atoms with Crippen molar-refractivity contribution in [1.82, 2.24) is 4.98 Å². The Kier molecular flexibility index (Phi) is 3.95. The van der Waals surface area contributed by atoms with Crippen molar-refractivity contribution in [2.24, 2.45) is 5.92 Å². The van der Waals surface area contributed by atoms with Crippen LogP contribution in [0.1, 0.15) is 23.2 Å². The number of aryl methyl sites for hydroxylation is 1. The zero-order valence-electron chi connectivity index (χ0n) is 13.5. The van der Waals surface area contributed by atoms with E-state index in [0.717, 1.165) is 23.7 Å². The summed E-state index contributed by atoms with van der Waals surface area (Å²) < 4.78 is 0. The third-order valence-electron chi connectivity index (χ3n) is 4.83. The first-order valence-electron chi connectivity index (χ1n) is 8.24. The van der Waals surface area contributed by atoms with Gasteiger partial charge in [0.15, 0.2) is 0 Å². The van der Waals surface area contributed by atoms with Crippen LogP contribution in [0.3, 0.4) is 0 Å². The van der Waals surface area contributed by atoms with E-state index in [9.17, 15) is 10.1 Å². The highest BCUT2D eigenvalue weighted by Gasteiger charge is 2.27. The number of carbonyl (C=O) groups excluding carboxylic acids is 1. The van der Waals surface area contributed by atoms with Crippen molar-refractivity contribution in [2.45, 2.75) is 19.3 Å². The van der Waals surface area contributed by atoms with Gasteiger partial charge in [0, 0.05) is 27.5 Å². The lowest BCUT2D eigenvalue weighted by Gasteiger charge is -2.22. The number of carbonyl (C=O) groups is 1. The number of rotatable bonds is 2. The van der Waals surface area contributed by atoms with Gasteiger partial charge in [0.2, 0.25) is 5.91 Å². The molecule has 2 N–H and O–H groups in total. The number of para-hydroxylation sites is 1. The Labute approximate surface area is 150 Å². The number of nitrogens with zero attached hydrogens (tertiary/aromatic N) is 1. The molecule has 1 aliphatic carbocycles. The Bertz CT molecular complexity index is 1020. The van der Waals surface area contributed by atoms with Crippen molar-refractivity contribution < 1.29 is 4.79 Å². The van der Waals surface area contributed by atoms with Crippen LogP contribution in [0, 0.1) is 17.2 Å². The predicted molar refractivity (Wildman–Crippen MR) is 98.6 cm³/mol. The molecule has 124 valence electrons. The lowest BCUT2D eigenvalue weighted by atomic mass is 9.85. The number of benzene rings is 2. The number of aromatic nitrogens is 1. The fourth-order valence-corrected chi connectivity index (χ4v) is 3.71. The molecule has 2 aromatic carbocycles. The summed E-state index contributed by atoms with van der Waals surface area (Å²) in [6, 6.07) is 15.0. The second-order valence-electron chi connectivity index (χ2n) is 6.36. The number of nitriles is 1. The molecule has 0 saturated carbocycles. The molecular formula is C20H16ClN3O. The number of aromatic amines is 1. The summed E-state index contributed by atoms with van der Waals surface area (Å²) in [6.07, 6.45) is 2.30. The molecule has 4 nitrogen and oxygen atoms in total. The summed E-state index contributed by atoms with van der Waals surface area (Å²) >= 11 is 6.13. The topological polar surface area (TPSA) is 68.7 Å². The van der Waals surface area contributed by atoms with Gasteiger partial charge in [-0.25, -0.2) is 0 Å². The van der Waals surface area contributed by atoms with E-state index >= 15 is 0 Å². The first-order valence-corrected chi connectivity index (χ1v) is 8.62. The molecular weight excluding hydrogens is 334 g/mol.